The smallest absolute Gasteiger partial charge is 0.216 e. The van der Waals surface area contributed by atoms with Crippen molar-refractivity contribution >= 4 is 11.7 Å². The number of carbonyl (C=O) groups is 2. The van der Waals surface area contributed by atoms with Crippen LogP contribution in [0.5, 0.6) is 5.75 Å². The molecule has 0 saturated carbocycles. The van der Waals surface area contributed by atoms with Gasteiger partial charge in [-0.15, -0.1) is 0 Å². The summed E-state index contributed by atoms with van der Waals surface area (Å²) < 4.78 is 5.42. The van der Waals surface area contributed by atoms with Crippen molar-refractivity contribution in [2.24, 2.45) is 0 Å². The van der Waals surface area contributed by atoms with Crippen LogP contribution in [0.4, 0.5) is 0 Å². The first-order valence-corrected chi connectivity index (χ1v) is 5.53. The van der Waals surface area contributed by atoms with Gasteiger partial charge in [0.25, 0.3) is 0 Å². The minimum Gasteiger partial charge on any atom is -0.492 e. The molecule has 1 N–H and O–H groups in total. The minimum absolute atomic E-state index is 0.0644. The quantitative estimate of drug-likeness (QED) is 0.757. The molecule has 0 aliphatic heterocycles. The Balaban J connectivity index is 2.35. The van der Waals surface area contributed by atoms with E-state index in [1.165, 1.54) is 6.92 Å². The third-order valence-corrected chi connectivity index (χ3v) is 2.12. The van der Waals surface area contributed by atoms with Crippen molar-refractivity contribution in [3.05, 3.63) is 29.8 Å². The van der Waals surface area contributed by atoms with E-state index in [-0.39, 0.29) is 11.7 Å². The molecule has 0 fully saturated rings. The lowest BCUT2D eigenvalue weighted by molar-refractivity contribution is -0.119. The summed E-state index contributed by atoms with van der Waals surface area (Å²) in [5.41, 5.74) is 0.978. The highest BCUT2D eigenvalue weighted by Gasteiger charge is 1.98. The van der Waals surface area contributed by atoms with Gasteiger partial charge in [0.2, 0.25) is 5.91 Å². The lowest BCUT2D eigenvalue weighted by Gasteiger charge is -2.07. The molecular weight excluding hydrogens is 218 g/mol. The number of ketones is 1. The Morgan fingerprint density at radius 1 is 1.18 bits per heavy atom. The van der Waals surface area contributed by atoms with Crippen LogP contribution in [-0.4, -0.2) is 24.8 Å². The minimum atomic E-state index is -0.0644. The number of nitrogens with one attached hydrogen (secondary N) is 1. The molecule has 0 aromatic heterocycles. The van der Waals surface area contributed by atoms with Gasteiger partial charge in [0.1, 0.15) is 18.1 Å². The Bertz CT molecular complexity index is 384. The van der Waals surface area contributed by atoms with E-state index in [2.05, 4.69) is 5.32 Å². The van der Waals surface area contributed by atoms with Gasteiger partial charge in [-0.05, 0) is 24.6 Å². The van der Waals surface area contributed by atoms with Gasteiger partial charge < -0.3 is 10.1 Å². The molecule has 0 aliphatic carbocycles. The second-order valence-electron chi connectivity index (χ2n) is 3.85. The molecule has 1 rings (SSSR count). The lowest BCUT2D eigenvalue weighted by atomic mass is 10.1. The summed E-state index contributed by atoms with van der Waals surface area (Å²) in [5.74, 6) is 0.817. The summed E-state index contributed by atoms with van der Waals surface area (Å²) in [6.45, 7) is 3.96. The zero-order valence-corrected chi connectivity index (χ0v) is 10.2. The molecule has 1 aromatic carbocycles. The Labute approximate surface area is 101 Å². The molecule has 0 aliphatic rings. The van der Waals surface area contributed by atoms with E-state index in [1.54, 1.807) is 6.92 Å². The van der Waals surface area contributed by atoms with Crippen molar-refractivity contribution in [3.8, 4) is 5.75 Å². The average Bonchev–Trinajstić information content (AvgIpc) is 2.25. The zero-order valence-electron chi connectivity index (χ0n) is 10.2. The highest BCUT2D eigenvalue weighted by molar-refractivity contribution is 5.78. The number of hydrogen-bond donors (Lipinski definition) is 1. The highest BCUT2D eigenvalue weighted by Crippen LogP contribution is 2.12. The molecule has 0 spiro atoms. The van der Waals surface area contributed by atoms with Crippen molar-refractivity contribution in [1.29, 1.82) is 0 Å². The predicted molar refractivity (Wildman–Crippen MR) is 65.0 cm³/mol. The molecule has 1 aromatic rings. The van der Waals surface area contributed by atoms with Crippen LogP contribution in [0.1, 0.15) is 19.4 Å². The molecule has 0 bridgehead atoms. The molecule has 0 atom stereocenters. The topological polar surface area (TPSA) is 55.4 Å². The summed E-state index contributed by atoms with van der Waals surface area (Å²) in [4.78, 5) is 21.5. The van der Waals surface area contributed by atoms with E-state index in [0.717, 1.165) is 11.3 Å². The fourth-order valence-electron chi connectivity index (χ4n) is 1.39. The van der Waals surface area contributed by atoms with Gasteiger partial charge in [-0.25, -0.2) is 0 Å². The number of hydrogen-bond acceptors (Lipinski definition) is 3. The van der Waals surface area contributed by atoms with E-state index in [0.29, 0.717) is 19.6 Å². The maximum atomic E-state index is 10.9. The van der Waals surface area contributed by atoms with Crippen LogP contribution in [0, 0.1) is 0 Å². The fourth-order valence-corrected chi connectivity index (χ4v) is 1.39. The summed E-state index contributed by atoms with van der Waals surface area (Å²) in [6.07, 6.45) is 0.451. The fraction of sp³-hybridized carbons (Fsp3) is 0.385. The van der Waals surface area contributed by atoms with Crippen LogP contribution in [-0.2, 0) is 16.0 Å². The Kier molecular flexibility index (Phi) is 5.20. The molecule has 0 unspecified atom stereocenters. The Morgan fingerprint density at radius 3 is 2.35 bits per heavy atom. The number of amides is 1. The van der Waals surface area contributed by atoms with Crippen molar-refractivity contribution in [2.75, 3.05) is 13.2 Å². The molecule has 4 nitrogen and oxygen atoms in total. The van der Waals surface area contributed by atoms with Crippen molar-refractivity contribution in [2.45, 2.75) is 20.3 Å². The standard InChI is InChI=1S/C13H17NO3/c1-10(15)9-12-3-5-13(6-4-12)17-8-7-14-11(2)16/h3-6H,7-9H2,1-2H3,(H,14,16). The van der Waals surface area contributed by atoms with Crippen molar-refractivity contribution in [3.63, 3.8) is 0 Å². The lowest BCUT2D eigenvalue weighted by Crippen LogP contribution is -2.25. The summed E-state index contributed by atoms with van der Waals surface area (Å²) >= 11 is 0. The monoisotopic (exact) mass is 235 g/mol. The van der Waals surface area contributed by atoms with Crippen molar-refractivity contribution < 1.29 is 14.3 Å². The molecular formula is C13H17NO3. The van der Waals surface area contributed by atoms with Crippen LogP contribution in [0.15, 0.2) is 24.3 Å². The number of ether oxygens (including phenoxy) is 1. The Hall–Kier alpha value is -1.84. The molecule has 0 radical (unpaired) electrons. The zero-order chi connectivity index (χ0) is 12.7. The predicted octanol–water partition coefficient (Wildman–Crippen LogP) is 1.33. The molecule has 0 heterocycles. The van der Waals surface area contributed by atoms with Crippen LogP contribution < -0.4 is 10.1 Å². The SMILES string of the molecule is CC(=O)Cc1ccc(OCCNC(C)=O)cc1. The van der Waals surface area contributed by atoms with E-state index in [9.17, 15) is 9.59 Å². The van der Waals surface area contributed by atoms with E-state index >= 15 is 0 Å². The second-order valence-corrected chi connectivity index (χ2v) is 3.85. The second kappa shape index (κ2) is 6.68. The normalized spacial score (nSPS) is 9.76. The third kappa shape index (κ3) is 5.70. The molecule has 1 amide bonds. The van der Waals surface area contributed by atoms with Gasteiger partial charge in [-0.2, -0.15) is 0 Å². The summed E-state index contributed by atoms with van der Waals surface area (Å²) in [5, 5.41) is 2.64. The highest BCUT2D eigenvalue weighted by atomic mass is 16.5. The number of rotatable bonds is 6. The van der Waals surface area contributed by atoms with Crippen molar-refractivity contribution in [1.82, 2.24) is 5.32 Å². The maximum Gasteiger partial charge on any atom is 0.216 e. The van der Waals surface area contributed by atoms with E-state index < -0.39 is 0 Å². The van der Waals surface area contributed by atoms with Gasteiger partial charge in [-0.3, -0.25) is 9.59 Å². The average molecular weight is 235 g/mol. The van der Waals surface area contributed by atoms with Gasteiger partial charge in [0.15, 0.2) is 0 Å². The first-order valence-electron chi connectivity index (χ1n) is 5.53. The Morgan fingerprint density at radius 2 is 1.82 bits per heavy atom. The molecule has 17 heavy (non-hydrogen) atoms. The maximum absolute atomic E-state index is 10.9. The largest absolute Gasteiger partial charge is 0.492 e. The van der Waals surface area contributed by atoms with Gasteiger partial charge in [0, 0.05) is 13.3 Å². The first kappa shape index (κ1) is 13.2. The van der Waals surface area contributed by atoms with Crippen LogP contribution in [0.25, 0.3) is 0 Å². The number of carbonyl (C=O) groups excluding carboxylic acids is 2. The summed E-state index contributed by atoms with van der Waals surface area (Å²) in [6, 6.07) is 7.39. The van der Waals surface area contributed by atoms with Crippen LogP contribution in [0.2, 0.25) is 0 Å². The van der Waals surface area contributed by atoms with E-state index in [4.69, 9.17) is 4.74 Å². The number of benzene rings is 1. The van der Waals surface area contributed by atoms with Gasteiger partial charge >= 0.3 is 0 Å². The molecule has 0 saturated heterocycles. The molecule has 4 heteroatoms. The first-order chi connectivity index (χ1) is 8.08. The molecule has 92 valence electrons. The van der Waals surface area contributed by atoms with Gasteiger partial charge in [-0.1, -0.05) is 12.1 Å². The summed E-state index contributed by atoms with van der Waals surface area (Å²) in [7, 11) is 0. The number of Topliss-reactive ketones (excluding diaryl/α,β-unsaturated/α-hetero) is 1. The third-order valence-electron chi connectivity index (χ3n) is 2.12. The van der Waals surface area contributed by atoms with E-state index in [1.807, 2.05) is 24.3 Å². The van der Waals surface area contributed by atoms with Crippen LogP contribution >= 0.6 is 0 Å². The van der Waals surface area contributed by atoms with Crippen LogP contribution in [0.3, 0.4) is 0 Å². The van der Waals surface area contributed by atoms with Gasteiger partial charge in [0.05, 0.1) is 6.54 Å².